The fourth-order valence-corrected chi connectivity index (χ4v) is 1.60. The minimum Gasteiger partial charge on any atom is -0.314 e. The second-order valence-corrected chi connectivity index (χ2v) is 4.89. The first-order valence-electron chi connectivity index (χ1n) is 6.40. The van der Waals surface area contributed by atoms with Gasteiger partial charge in [0.1, 0.15) is 0 Å². The van der Waals surface area contributed by atoms with Crippen LogP contribution in [0.15, 0.2) is 0 Å². The first-order chi connectivity index (χ1) is 6.66. The number of hydrogen-bond donors (Lipinski definition) is 1. The molecule has 1 unspecified atom stereocenters. The Morgan fingerprint density at radius 3 is 2.21 bits per heavy atom. The van der Waals surface area contributed by atoms with Crippen LogP contribution in [0.5, 0.6) is 0 Å². The Morgan fingerprint density at radius 2 is 1.64 bits per heavy atom. The van der Waals surface area contributed by atoms with Gasteiger partial charge in [-0.05, 0) is 32.2 Å². The minimum absolute atomic E-state index is 0.714. The van der Waals surface area contributed by atoms with Gasteiger partial charge in [-0.1, -0.05) is 46.5 Å². The molecular formula is C13H29N. The highest BCUT2D eigenvalue weighted by molar-refractivity contribution is 4.61. The zero-order chi connectivity index (χ0) is 10.8. The molecule has 1 nitrogen and oxygen atoms in total. The van der Waals surface area contributed by atoms with Gasteiger partial charge in [0.25, 0.3) is 0 Å². The third kappa shape index (κ3) is 10.0. The molecule has 0 aliphatic rings. The largest absolute Gasteiger partial charge is 0.314 e. The first kappa shape index (κ1) is 14.0. The van der Waals surface area contributed by atoms with Gasteiger partial charge in [0.05, 0.1) is 0 Å². The van der Waals surface area contributed by atoms with Gasteiger partial charge in [0.2, 0.25) is 0 Å². The molecule has 0 fully saturated rings. The molecule has 0 saturated heterocycles. The van der Waals surface area contributed by atoms with E-state index in [1.165, 1.54) is 45.1 Å². The van der Waals surface area contributed by atoms with E-state index in [0.29, 0.717) is 6.04 Å². The van der Waals surface area contributed by atoms with Crippen LogP contribution < -0.4 is 5.32 Å². The molecule has 14 heavy (non-hydrogen) atoms. The molecule has 0 aliphatic heterocycles. The van der Waals surface area contributed by atoms with E-state index in [-0.39, 0.29) is 0 Å². The van der Waals surface area contributed by atoms with Gasteiger partial charge in [-0.2, -0.15) is 0 Å². The van der Waals surface area contributed by atoms with E-state index < -0.39 is 0 Å². The number of hydrogen-bond acceptors (Lipinski definition) is 1. The number of rotatable bonds is 9. The van der Waals surface area contributed by atoms with Crippen LogP contribution in [-0.2, 0) is 0 Å². The first-order valence-corrected chi connectivity index (χ1v) is 6.40. The topological polar surface area (TPSA) is 12.0 Å². The molecule has 0 aromatic rings. The van der Waals surface area contributed by atoms with E-state index >= 15 is 0 Å². The van der Waals surface area contributed by atoms with Crippen molar-refractivity contribution in [3.05, 3.63) is 0 Å². The second-order valence-electron chi connectivity index (χ2n) is 4.89. The maximum atomic E-state index is 3.59. The van der Waals surface area contributed by atoms with Gasteiger partial charge in [-0.25, -0.2) is 0 Å². The molecule has 1 atom stereocenters. The Bertz CT molecular complexity index is 110. The molecule has 0 amide bonds. The van der Waals surface area contributed by atoms with E-state index in [2.05, 4.69) is 33.0 Å². The van der Waals surface area contributed by atoms with Crippen molar-refractivity contribution in [2.75, 3.05) is 6.54 Å². The molecule has 1 heteroatoms. The lowest BCUT2D eigenvalue weighted by Gasteiger charge is -2.14. The minimum atomic E-state index is 0.714. The summed E-state index contributed by atoms with van der Waals surface area (Å²) in [7, 11) is 0. The van der Waals surface area contributed by atoms with Crippen LogP contribution in [0.1, 0.15) is 66.2 Å². The monoisotopic (exact) mass is 199 g/mol. The van der Waals surface area contributed by atoms with Crippen molar-refractivity contribution < 1.29 is 0 Å². The maximum absolute atomic E-state index is 3.59. The summed E-state index contributed by atoms with van der Waals surface area (Å²) in [4.78, 5) is 0. The lowest BCUT2D eigenvalue weighted by Crippen LogP contribution is -2.27. The smallest absolute Gasteiger partial charge is 0.00387 e. The summed E-state index contributed by atoms with van der Waals surface area (Å²) in [6.07, 6.45) is 8.20. The van der Waals surface area contributed by atoms with Crippen LogP contribution >= 0.6 is 0 Å². The zero-order valence-corrected chi connectivity index (χ0v) is 10.6. The Balaban J connectivity index is 3.15. The molecule has 0 spiro atoms. The lowest BCUT2D eigenvalue weighted by atomic mass is 10.1. The summed E-state index contributed by atoms with van der Waals surface area (Å²) >= 11 is 0. The standard InChI is InChI=1S/C13H29N/c1-5-6-7-8-9-13(4)14-11-10-12(2)3/h12-14H,5-11H2,1-4H3. The average Bonchev–Trinajstić information content (AvgIpc) is 2.12. The zero-order valence-electron chi connectivity index (χ0n) is 10.6. The van der Waals surface area contributed by atoms with E-state index in [1.54, 1.807) is 0 Å². The Hall–Kier alpha value is -0.0400. The number of nitrogens with one attached hydrogen (secondary N) is 1. The summed E-state index contributed by atoms with van der Waals surface area (Å²) in [6, 6.07) is 0.714. The van der Waals surface area contributed by atoms with E-state index in [9.17, 15) is 0 Å². The van der Waals surface area contributed by atoms with Crippen molar-refractivity contribution >= 4 is 0 Å². The van der Waals surface area contributed by atoms with Crippen LogP contribution in [0.2, 0.25) is 0 Å². The van der Waals surface area contributed by atoms with Crippen LogP contribution in [0.3, 0.4) is 0 Å². The molecule has 0 aliphatic carbocycles. The highest BCUT2D eigenvalue weighted by atomic mass is 14.9. The maximum Gasteiger partial charge on any atom is 0.00387 e. The van der Waals surface area contributed by atoms with E-state index in [4.69, 9.17) is 0 Å². The van der Waals surface area contributed by atoms with Crippen molar-refractivity contribution in [2.45, 2.75) is 72.3 Å². The Morgan fingerprint density at radius 1 is 0.929 bits per heavy atom. The fourth-order valence-electron chi connectivity index (χ4n) is 1.60. The molecule has 0 rings (SSSR count). The molecule has 0 radical (unpaired) electrons. The van der Waals surface area contributed by atoms with Gasteiger partial charge in [-0.15, -0.1) is 0 Å². The fraction of sp³-hybridized carbons (Fsp3) is 1.00. The van der Waals surface area contributed by atoms with Crippen molar-refractivity contribution in [3.63, 3.8) is 0 Å². The van der Waals surface area contributed by atoms with Crippen molar-refractivity contribution in [2.24, 2.45) is 5.92 Å². The number of unbranched alkanes of at least 4 members (excludes halogenated alkanes) is 3. The molecule has 0 saturated carbocycles. The van der Waals surface area contributed by atoms with E-state index in [0.717, 1.165) is 5.92 Å². The van der Waals surface area contributed by atoms with Gasteiger partial charge in [0, 0.05) is 6.04 Å². The predicted molar refractivity (Wildman–Crippen MR) is 65.7 cm³/mol. The second kappa shape index (κ2) is 9.51. The van der Waals surface area contributed by atoms with Gasteiger partial charge in [0.15, 0.2) is 0 Å². The van der Waals surface area contributed by atoms with Crippen LogP contribution in [0.4, 0.5) is 0 Å². The molecule has 0 bridgehead atoms. The third-order valence-corrected chi connectivity index (χ3v) is 2.71. The highest BCUT2D eigenvalue weighted by Gasteiger charge is 2.01. The predicted octanol–water partition coefficient (Wildman–Crippen LogP) is 3.98. The molecule has 1 N–H and O–H groups in total. The Kier molecular flexibility index (Phi) is 9.49. The summed E-state index contributed by atoms with van der Waals surface area (Å²) in [5.74, 6) is 0.829. The lowest BCUT2D eigenvalue weighted by molar-refractivity contribution is 0.452. The highest BCUT2D eigenvalue weighted by Crippen LogP contribution is 2.05. The molecule has 0 aromatic heterocycles. The SMILES string of the molecule is CCCCCCC(C)NCCC(C)C. The van der Waals surface area contributed by atoms with Gasteiger partial charge >= 0.3 is 0 Å². The average molecular weight is 199 g/mol. The molecule has 0 aromatic carbocycles. The van der Waals surface area contributed by atoms with E-state index in [1.807, 2.05) is 0 Å². The van der Waals surface area contributed by atoms with Gasteiger partial charge < -0.3 is 5.32 Å². The molecule has 86 valence electrons. The quantitative estimate of drug-likeness (QED) is 0.554. The summed E-state index contributed by atoms with van der Waals surface area (Å²) in [5, 5.41) is 3.59. The molecule has 0 heterocycles. The van der Waals surface area contributed by atoms with Crippen molar-refractivity contribution in [1.82, 2.24) is 5.32 Å². The van der Waals surface area contributed by atoms with Crippen LogP contribution in [0, 0.1) is 5.92 Å². The van der Waals surface area contributed by atoms with Crippen molar-refractivity contribution in [1.29, 1.82) is 0 Å². The normalized spacial score (nSPS) is 13.5. The van der Waals surface area contributed by atoms with Gasteiger partial charge in [-0.3, -0.25) is 0 Å². The summed E-state index contributed by atoms with van der Waals surface area (Å²) in [6.45, 7) is 10.3. The van der Waals surface area contributed by atoms with Crippen LogP contribution in [0.25, 0.3) is 0 Å². The molecular weight excluding hydrogens is 170 g/mol. The summed E-state index contributed by atoms with van der Waals surface area (Å²) < 4.78 is 0. The third-order valence-electron chi connectivity index (χ3n) is 2.71. The van der Waals surface area contributed by atoms with Crippen molar-refractivity contribution in [3.8, 4) is 0 Å². The van der Waals surface area contributed by atoms with Crippen LogP contribution in [-0.4, -0.2) is 12.6 Å². The summed E-state index contributed by atoms with van der Waals surface area (Å²) in [5.41, 5.74) is 0. The Labute approximate surface area is 90.7 Å².